The molecule has 1 fully saturated rings. The van der Waals surface area contributed by atoms with Gasteiger partial charge in [0, 0.05) is 37.9 Å². The third kappa shape index (κ3) is 3.42. The Kier molecular flexibility index (Phi) is 4.62. The number of nitrogens with zero attached hydrogens (tertiary/aromatic N) is 5. The Balaban J connectivity index is 1.42. The highest BCUT2D eigenvalue weighted by atomic mass is 16.5. The third-order valence-electron chi connectivity index (χ3n) is 4.94. The molecule has 0 radical (unpaired) electrons. The van der Waals surface area contributed by atoms with E-state index in [-0.39, 0.29) is 5.91 Å². The Hall–Kier alpha value is -3.16. The Morgan fingerprint density at radius 3 is 2.78 bits per heavy atom. The number of aryl methyl sites for hydroxylation is 1. The summed E-state index contributed by atoms with van der Waals surface area (Å²) in [5.74, 6) is 1.56. The van der Waals surface area contributed by atoms with Gasteiger partial charge in [-0.25, -0.2) is 14.6 Å². The van der Waals surface area contributed by atoms with Crippen molar-refractivity contribution in [2.24, 2.45) is 7.05 Å². The van der Waals surface area contributed by atoms with Crippen molar-refractivity contribution in [3.05, 3.63) is 42.4 Å². The summed E-state index contributed by atoms with van der Waals surface area (Å²) in [5, 5.41) is 8.74. The van der Waals surface area contributed by atoms with Crippen LogP contribution in [-0.4, -0.2) is 56.8 Å². The van der Waals surface area contributed by atoms with Crippen LogP contribution in [0.25, 0.3) is 10.9 Å². The van der Waals surface area contributed by atoms with Crippen LogP contribution in [-0.2, 0) is 7.05 Å². The van der Waals surface area contributed by atoms with Gasteiger partial charge >= 0.3 is 0 Å². The van der Waals surface area contributed by atoms with E-state index in [4.69, 9.17) is 4.74 Å². The molecule has 1 amide bonds. The van der Waals surface area contributed by atoms with E-state index in [1.165, 1.54) is 6.33 Å². The summed E-state index contributed by atoms with van der Waals surface area (Å²) in [7, 11) is 3.45. The minimum atomic E-state index is 0.0435. The number of anilines is 1. The maximum absolute atomic E-state index is 12.9. The number of carbonyl (C=O) groups is 1. The van der Waals surface area contributed by atoms with Gasteiger partial charge in [-0.15, -0.1) is 0 Å². The zero-order chi connectivity index (χ0) is 18.8. The van der Waals surface area contributed by atoms with Crippen molar-refractivity contribution in [2.45, 2.75) is 18.9 Å². The number of ether oxygens (including phenoxy) is 1. The number of fused-ring (bicyclic) bond motifs is 1. The van der Waals surface area contributed by atoms with Crippen LogP contribution in [0.4, 0.5) is 5.82 Å². The zero-order valence-corrected chi connectivity index (χ0v) is 15.4. The zero-order valence-electron chi connectivity index (χ0n) is 15.4. The Labute approximate surface area is 157 Å². The van der Waals surface area contributed by atoms with Crippen LogP contribution in [0.2, 0.25) is 0 Å². The molecular formula is C19H22N6O2. The molecule has 1 aliphatic rings. The summed E-state index contributed by atoms with van der Waals surface area (Å²) >= 11 is 0. The first-order chi connectivity index (χ1) is 13.2. The quantitative estimate of drug-likeness (QED) is 0.761. The fourth-order valence-electron chi connectivity index (χ4n) is 3.55. The van der Waals surface area contributed by atoms with Crippen LogP contribution in [0.5, 0.6) is 5.88 Å². The summed E-state index contributed by atoms with van der Waals surface area (Å²) in [4.78, 5) is 22.9. The van der Waals surface area contributed by atoms with Gasteiger partial charge < -0.3 is 15.0 Å². The van der Waals surface area contributed by atoms with Crippen molar-refractivity contribution < 1.29 is 9.53 Å². The number of rotatable bonds is 4. The number of hydrogen-bond donors (Lipinski definition) is 1. The van der Waals surface area contributed by atoms with Crippen molar-refractivity contribution in [1.82, 2.24) is 24.6 Å². The van der Waals surface area contributed by atoms with Crippen molar-refractivity contribution in [1.29, 1.82) is 0 Å². The lowest BCUT2D eigenvalue weighted by molar-refractivity contribution is 0.0718. The second-order valence-corrected chi connectivity index (χ2v) is 6.67. The SMILES string of the molecule is COc1c2ccc(C(=O)N3CCC(Nc4ccncn4)CC3)cc2nn1C. The van der Waals surface area contributed by atoms with Crippen molar-refractivity contribution >= 4 is 22.6 Å². The third-order valence-corrected chi connectivity index (χ3v) is 4.94. The summed E-state index contributed by atoms with van der Waals surface area (Å²) in [5.41, 5.74) is 1.42. The number of hydrogen-bond acceptors (Lipinski definition) is 6. The summed E-state index contributed by atoms with van der Waals surface area (Å²) in [6.45, 7) is 1.43. The highest BCUT2D eigenvalue weighted by Crippen LogP contribution is 2.26. The molecule has 0 aliphatic carbocycles. The van der Waals surface area contributed by atoms with Crippen LogP contribution in [0, 0.1) is 0 Å². The Bertz CT molecular complexity index is 947. The van der Waals surface area contributed by atoms with Crippen molar-refractivity contribution in [2.75, 3.05) is 25.5 Å². The molecular weight excluding hydrogens is 344 g/mol. The maximum atomic E-state index is 12.9. The monoisotopic (exact) mass is 366 g/mol. The minimum absolute atomic E-state index is 0.0435. The number of amides is 1. The van der Waals surface area contributed by atoms with Gasteiger partial charge in [0.2, 0.25) is 5.88 Å². The van der Waals surface area contributed by atoms with Gasteiger partial charge in [-0.3, -0.25) is 4.79 Å². The number of likely N-dealkylation sites (tertiary alicyclic amines) is 1. The molecule has 8 heteroatoms. The number of nitrogens with one attached hydrogen (secondary N) is 1. The lowest BCUT2D eigenvalue weighted by Gasteiger charge is -2.32. The van der Waals surface area contributed by atoms with E-state index >= 15 is 0 Å². The largest absolute Gasteiger partial charge is 0.481 e. The molecule has 140 valence electrons. The molecule has 2 aromatic heterocycles. The summed E-state index contributed by atoms with van der Waals surface area (Å²) < 4.78 is 7.05. The Morgan fingerprint density at radius 1 is 1.26 bits per heavy atom. The van der Waals surface area contributed by atoms with Gasteiger partial charge in [0.1, 0.15) is 12.1 Å². The molecule has 0 unspecified atom stereocenters. The van der Waals surface area contributed by atoms with Crippen molar-refractivity contribution in [3.8, 4) is 5.88 Å². The van der Waals surface area contributed by atoms with Crippen LogP contribution in [0.3, 0.4) is 0 Å². The predicted octanol–water partition coefficient (Wildman–Crippen LogP) is 2.09. The van der Waals surface area contributed by atoms with E-state index in [0.717, 1.165) is 29.6 Å². The molecule has 0 atom stereocenters. The first kappa shape index (κ1) is 17.3. The number of piperidine rings is 1. The normalized spacial score (nSPS) is 15.1. The van der Waals surface area contributed by atoms with Gasteiger partial charge in [-0.05, 0) is 37.1 Å². The minimum Gasteiger partial charge on any atom is -0.481 e. The average Bonchev–Trinajstić information content (AvgIpc) is 3.03. The standard InChI is InChI=1S/C19H22N6O2/c1-24-19(27-2)15-4-3-13(11-16(15)23-24)18(26)25-9-6-14(7-10-25)22-17-5-8-20-12-21-17/h3-5,8,11-12,14H,6-7,9-10H2,1-2H3,(H,20,21,22). The molecule has 1 saturated heterocycles. The van der Waals surface area contributed by atoms with Gasteiger partial charge in [0.15, 0.2) is 0 Å². The lowest BCUT2D eigenvalue weighted by Crippen LogP contribution is -2.42. The second-order valence-electron chi connectivity index (χ2n) is 6.67. The first-order valence-corrected chi connectivity index (χ1v) is 8.98. The van der Waals surface area contributed by atoms with Gasteiger partial charge in [-0.2, -0.15) is 5.10 Å². The van der Waals surface area contributed by atoms with Crippen LogP contribution in [0.15, 0.2) is 36.8 Å². The van der Waals surface area contributed by atoms with Crippen LogP contribution < -0.4 is 10.1 Å². The van der Waals surface area contributed by atoms with Crippen LogP contribution >= 0.6 is 0 Å². The molecule has 0 bridgehead atoms. The molecule has 0 spiro atoms. The molecule has 1 aliphatic heterocycles. The van der Waals surface area contributed by atoms with Gasteiger partial charge in [-0.1, -0.05) is 0 Å². The van der Waals surface area contributed by atoms with Gasteiger partial charge in [0.05, 0.1) is 18.0 Å². The Morgan fingerprint density at radius 2 is 2.07 bits per heavy atom. The molecule has 27 heavy (non-hydrogen) atoms. The molecule has 1 aromatic carbocycles. The fourth-order valence-corrected chi connectivity index (χ4v) is 3.55. The predicted molar refractivity (Wildman–Crippen MR) is 102 cm³/mol. The van der Waals surface area contributed by atoms with E-state index in [9.17, 15) is 4.79 Å². The lowest BCUT2D eigenvalue weighted by atomic mass is 10.0. The van der Waals surface area contributed by atoms with Crippen molar-refractivity contribution in [3.63, 3.8) is 0 Å². The molecule has 0 saturated carbocycles. The number of methoxy groups -OCH3 is 1. The van der Waals surface area contributed by atoms with E-state index < -0.39 is 0 Å². The van der Waals surface area contributed by atoms with Crippen LogP contribution in [0.1, 0.15) is 23.2 Å². The topological polar surface area (TPSA) is 85.2 Å². The van der Waals surface area contributed by atoms with E-state index in [1.807, 2.05) is 36.2 Å². The van der Waals surface area contributed by atoms with E-state index in [2.05, 4.69) is 20.4 Å². The fraction of sp³-hybridized carbons (Fsp3) is 0.368. The second kappa shape index (κ2) is 7.22. The first-order valence-electron chi connectivity index (χ1n) is 8.98. The van der Waals surface area contributed by atoms with E-state index in [0.29, 0.717) is 30.6 Å². The number of benzene rings is 1. The average molecular weight is 366 g/mol. The van der Waals surface area contributed by atoms with E-state index in [1.54, 1.807) is 18.0 Å². The highest BCUT2D eigenvalue weighted by molar-refractivity contribution is 5.98. The number of aromatic nitrogens is 4. The molecule has 8 nitrogen and oxygen atoms in total. The maximum Gasteiger partial charge on any atom is 0.253 e. The smallest absolute Gasteiger partial charge is 0.253 e. The molecule has 3 aromatic rings. The number of carbonyl (C=O) groups excluding carboxylic acids is 1. The highest BCUT2D eigenvalue weighted by Gasteiger charge is 2.24. The van der Waals surface area contributed by atoms with Gasteiger partial charge in [0.25, 0.3) is 5.91 Å². The summed E-state index contributed by atoms with van der Waals surface area (Å²) in [6, 6.07) is 7.75. The molecule has 4 rings (SSSR count). The molecule has 1 N–H and O–H groups in total. The summed E-state index contributed by atoms with van der Waals surface area (Å²) in [6.07, 6.45) is 5.02. The molecule has 3 heterocycles.